The largest absolute Gasteiger partial charge is 0.393 e. The van der Waals surface area contributed by atoms with Crippen LogP contribution in [-0.4, -0.2) is 29.4 Å². The molecule has 0 spiro atoms. The number of nitrogens with one attached hydrogen (secondary N) is 1. The zero-order valence-corrected chi connectivity index (χ0v) is 25.2. The van der Waals surface area contributed by atoms with E-state index < -0.39 is 5.41 Å². The molecule has 0 radical (unpaired) electrons. The number of allylic oxidation sites excluding steroid dienone is 1. The van der Waals surface area contributed by atoms with Gasteiger partial charge in [-0.2, -0.15) is 0 Å². The number of rotatable bonds is 4. The van der Waals surface area contributed by atoms with Gasteiger partial charge in [0, 0.05) is 13.0 Å². The monoisotopic (exact) mass is 523 g/mol. The fourth-order valence-electron chi connectivity index (χ4n) is 11.6. The van der Waals surface area contributed by atoms with Crippen LogP contribution in [0, 0.1) is 56.7 Å². The number of hydrogen-bond acceptors (Lipinski definition) is 3. The second-order valence-electron chi connectivity index (χ2n) is 16.3. The smallest absolute Gasteiger partial charge is 0.230 e. The third kappa shape index (κ3) is 3.37. The van der Waals surface area contributed by atoms with Gasteiger partial charge in [0.2, 0.25) is 5.91 Å². The minimum Gasteiger partial charge on any atom is -0.393 e. The number of aliphatic hydroxyl groups is 1. The number of carbonyl (C=O) groups is 2. The van der Waals surface area contributed by atoms with Gasteiger partial charge in [-0.25, -0.2) is 0 Å². The Morgan fingerprint density at radius 2 is 1.61 bits per heavy atom. The van der Waals surface area contributed by atoms with E-state index in [4.69, 9.17) is 0 Å². The Morgan fingerprint density at radius 1 is 0.895 bits per heavy atom. The summed E-state index contributed by atoms with van der Waals surface area (Å²) in [5.74, 6) is 2.68. The number of amides is 1. The Labute approximate surface area is 231 Å². The van der Waals surface area contributed by atoms with Crippen LogP contribution >= 0.6 is 0 Å². The number of aliphatic hydroxyl groups excluding tert-OH is 1. The van der Waals surface area contributed by atoms with E-state index in [1.807, 2.05) is 0 Å². The van der Waals surface area contributed by atoms with Crippen molar-refractivity contribution in [1.82, 2.24) is 5.32 Å². The molecular formula is C34H53NO3. The van der Waals surface area contributed by atoms with E-state index in [1.54, 1.807) is 0 Å². The summed E-state index contributed by atoms with van der Waals surface area (Å²) in [6.07, 6.45) is 11.2. The van der Waals surface area contributed by atoms with Crippen molar-refractivity contribution in [2.24, 2.45) is 56.7 Å². The lowest BCUT2D eigenvalue weighted by Gasteiger charge is -2.72. The highest BCUT2D eigenvalue weighted by Gasteiger charge is 2.70. The molecule has 38 heavy (non-hydrogen) atoms. The van der Waals surface area contributed by atoms with Crippen molar-refractivity contribution >= 4 is 11.7 Å². The molecule has 0 aromatic rings. The van der Waals surface area contributed by atoms with Crippen LogP contribution in [0.4, 0.5) is 0 Å². The molecule has 4 heteroatoms. The molecule has 4 nitrogen and oxygen atoms in total. The standard InChI is InChI=1S/C34H53NO3/c1-20(2)27-23(36)18-34(29(38)35-19-21-8-9-21)17-16-32(6)22(28(27)34)10-11-25-31(5)14-13-26(37)30(3,4)24(31)12-15-33(25,32)7/h20-22,24-26,37H,8-19H2,1-7H3,(H,35,38)/t22-,24?,25?,26+,31+,32-,33-,34-/m1/s1. The highest BCUT2D eigenvalue weighted by atomic mass is 16.3. The van der Waals surface area contributed by atoms with E-state index in [0.717, 1.165) is 44.2 Å². The molecule has 212 valence electrons. The van der Waals surface area contributed by atoms with Crippen LogP contribution < -0.4 is 5.32 Å². The summed E-state index contributed by atoms with van der Waals surface area (Å²) in [6, 6.07) is 0. The summed E-state index contributed by atoms with van der Waals surface area (Å²) in [6.45, 7) is 17.4. The second-order valence-corrected chi connectivity index (χ2v) is 16.3. The molecular weight excluding hydrogens is 470 g/mol. The maximum absolute atomic E-state index is 14.0. The summed E-state index contributed by atoms with van der Waals surface area (Å²) in [5, 5.41) is 14.3. The topological polar surface area (TPSA) is 66.4 Å². The number of carbonyl (C=O) groups excluding carboxylic acids is 2. The van der Waals surface area contributed by atoms with Crippen molar-refractivity contribution in [3.05, 3.63) is 11.1 Å². The molecule has 6 aliphatic rings. The number of hydrogen-bond donors (Lipinski definition) is 2. The van der Waals surface area contributed by atoms with Crippen LogP contribution in [0.15, 0.2) is 11.1 Å². The van der Waals surface area contributed by atoms with Gasteiger partial charge in [0.25, 0.3) is 0 Å². The maximum atomic E-state index is 14.0. The van der Waals surface area contributed by atoms with Gasteiger partial charge in [-0.3, -0.25) is 9.59 Å². The first-order valence-corrected chi connectivity index (χ1v) is 16.0. The van der Waals surface area contributed by atoms with Gasteiger partial charge in [-0.1, -0.05) is 48.5 Å². The number of Topliss-reactive ketones (excluding diaryl/α,β-unsaturated/α-hetero) is 1. The molecule has 0 saturated heterocycles. The van der Waals surface area contributed by atoms with E-state index in [2.05, 4.69) is 53.8 Å². The van der Waals surface area contributed by atoms with Crippen molar-refractivity contribution in [3.8, 4) is 0 Å². The summed E-state index contributed by atoms with van der Waals surface area (Å²) in [4.78, 5) is 27.7. The first-order chi connectivity index (χ1) is 17.7. The first kappa shape index (κ1) is 27.0. The highest BCUT2D eigenvalue weighted by molar-refractivity contribution is 6.06. The number of ketones is 1. The van der Waals surface area contributed by atoms with Crippen LogP contribution in [-0.2, 0) is 9.59 Å². The summed E-state index contributed by atoms with van der Waals surface area (Å²) in [5.41, 5.74) is 2.12. The number of fused-ring (bicyclic) bond motifs is 7. The summed E-state index contributed by atoms with van der Waals surface area (Å²) < 4.78 is 0. The molecule has 0 heterocycles. The lowest BCUT2D eigenvalue weighted by Crippen LogP contribution is -2.66. The van der Waals surface area contributed by atoms with Crippen LogP contribution in [0.3, 0.4) is 0 Å². The Bertz CT molecular complexity index is 1070. The molecule has 0 aromatic carbocycles. The maximum Gasteiger partial charge on any atom is 0.230 e. The molecule has 8 atom stereocenters. The average molecular weight is 524 g/mol. The van der Waals surface area contributed by atoms with E-state index in [0.29, 0.717) is 30.1 Å². The van der Waals surface area contributed by atoms with Gasteiger partial charge < -0.3 is 10.4 Å². The quantitative estimate of drug-likeness (QED) is 0.423. The fourth-order valence-corrected chi connectivity index (χ4v) is 11.6. The van der Waals surface area contributed by atoms with Crippen LogP contribution in [0.1, 0.15) is 119 Å². The summed E-state index contributed by atoms with van der Waals surface area (Å²) >= 11 is 0. The summed E-state index contributed by atoms with van der Waals surface area (Å²) in [7, 11) is 0. The van der Waals surface area contributed by atoms with E-state index in [-0.39, 0.29) is 45.4 Å². The minimum absolute atomic E-state index is 0.0430. The fraction of sp³-hybridized carbons (Fsp3) is 0.882. The molecule has 5 saturated carbocycles. The van der Waals surface area contributed by atoms with Crippen LogP contribution in [0.25, 0.3) is 0 Å². The Hall–Kier alpha value is -1.16. The molecule has 2 N–H and O–H groups in total. The van der Waals surface area contributed by atoms with Gasteiger partial charge in [-0.15, -0.1) is 0 Å². The molecule has 2 unspecified atom stereocenters. The zero-order chi connectivity index (χ0) is 27.5. The molecule has 0 aromatic heterocycles. The predicted molar refractivity (Wildman–Crippen MR) is 151 cm³/mol. The Kier molecular flexibility index (Phi) is 6.00. The first-order valence-electron chi connectivity index (χ1n) is 16.0. The SMILES string of the molecule is CC(C)C1=C2[C@H]3CCC4[C@@]5(C)CC[C@H](O)C(C)(C)C5CC[C@@]4(C)[C@]3(C)CC[C@@]2(C(=O)NCC2CC2)CC1=O. The van der Waals surface area contributed by atoms with Crippen LogP contribution in [0.5, 0.6) is 0 Å². The minimum atomic E-state index is -0.614. The molecule has 5 fully saturated rings. The van der Waals surface area contributed by atoms with E-state index in [1.165, 1.54) is 37.7 Å². The molecule has 6 aliphatic carbocycles. The lowest BCUT2D eigenvalue weighted by atomic mass is 9.33. The predicted octanol–water partition coefficient (Wildman–Crippen LogP) is 6.85. The van der Waals surface area contributed by atoms with Gasteiger partial charge in [0.05, 0.1) is 11.5 Å². The lowest BCUT2D eigenvalue weighted by molar-refractivity contribution is -0.228. The van der Waals surface area contributed by atoms with Gasteiger partial charge in [0.15, 0.2) is 5.78 Å². The Balaban J connectivity index is 1.41. The average Bonchev–Trinajstić information content (AvgIpc) is 3.61. The van der Waals surface area contributed by atoms with Crippen molar-refractivity contribution < 1.29 is 14.7 Å². The second kappa shape index (κ2) is 8.43. The van der Waals surface area contributed by atoms with Gasteiger partial charge in [-0.05, 0) is 127 Å². The third-order valence-electron chi connectivity index (χ3n) is 14.1. The third-order valence-corrected chi connectivity index (χ3v) is 14.1. The van der Waals surface area contributed by atoms with E-state index in [9.17, 15) is 14.7 Å². The Morgan fingerprint density at radius 3 is 2.26 bits per heavy atom. The van der Waals surface area contributed by atoms with Crippen molar-refractivity contribution in [3.63, 3.8) is 0 Å². The van der Waals surface area contributed by atoms with E-state index >= 15 is 0 Å². The molecule has 0 aliphatic heterocycles. The van der Waals surface area contributed by atoms with Crippen molar-refractivity contribution in [2.45, 2.75) is 125 Å². The molecule has 0 bridgehead atoms. The molecule has 1 amide bonds. The van der Waals surface area contributed by atoms with Crippen molar-refractivity contribution in [2.75, 3.05) is 6.54 Å². The highest BCUT2D eigenvalue weighted by Crippen LogP contribution is 2.76. The zero-order valence-electron chi connectivity index (χ0n) is 25.2. The van der Waals surface area contributed by atoms with Gasteiger partial charge >= 0.3 is 0 Å². The molecule has 6 rings (SSSR count). The normalized spacial score (nSPS) is 47.8. The van der Waals surface area contributed by atoms with Gasteiger partial charge in [0.1, 0.15) is 0 Å². The van der Waals surface area contributed by atoms with Crippen LogP contribution in [0.2, 0.25) is 0 Å². The van der Waals surface area contributed by atoms with Crippen molar-refractivity contribution in [1.29, 1.82) is 0 Å².